The summed E-state index contributed by atoms with van der Waals surface area (Å²) in [5.41, 5.74) is -0.725. The van der Waals surface area contributed by atoms with Crippen molar-refractivity contribution < 1.29 is 38.3 Å². The Labute approximate surface area is 331 Å². The first-order valence-electron chi connectivity index (χ1n) is 20.2. The summed E-state index contributed by atoms with van der Waals surface area (Å²) >= 11 is 0. The molecule has 1 aliphatic heterocycles. The van der Waals surface area contributed by atoms with Crippen molar-refractivity contribution in [2.45, 2.75) is 129 Å². The van der Waals surface area contributed by atoms with Gasteiger partial charge in [-0.15, -0.1) is 0 Å². The second-order valence-electron chi connectivity index (χ2n) is 18.5. The molecule has 1 aromatic rings. The van der Waals surface area contributed by atoms with Crippen LogP contribution in [0.1, 0.15) is 111 Å². The third-order valence-electron chi connectivity index (χ3n) is 12.4. The summed E-state index contributed by atoms with van der Waals surface area (Å²) in [5.74, 6) is -3.74. The summed E-state index contributed by atoms with van der Waals surface area (Å²) < 4.78 is 5.64. The minimum atomic E-state index is -1.17. The lowest BCUT2D eigenvalue weighted by Crippen LogP contribution is -2.60. The predicted octanol–water partition coefficient (Wildman–Crippen LogP) is 3.64. The SMILES string of the molecule is CCC(C)(C)OC(=O)N[C@H](C(=O)N1C[C@@H]2CC3(CC3)C[C@@H]2[C@H]1C(=O)N[C@@H](CC1CCC1)C(=O)C(=O)NCC(=O)N[C@H](C(=O)N(C)C)c1ccccc1)C(C)(C)C. The van der Waals surface area contributed by atoms with Gasteiger partial charge in [0.2, 0.25) is 29.4 Å². The molecule has 14 heteroatoms. The van der Waals surface area contributed by atoms with E-state index in [4.69, 9.17) is 4.74 Å². The first-order chi connectivity index (χ1) is 26.2. The van der Waals surface area contributed by atoms with Gasteiger partial charge in [0.05, 0.1) is 12.6 Å². The Bertz CT molecular complexity index is 1660. The first kappa shape index (κ1) is 42.6. The monoisotopic (exact) mass is 778 g/mol. The van der Waals surface area contributed by atoms with Gasteiger partial charge in [-0.25, -0.2) is 4.79 Å². The van der Waals surface area contributed by atoms with E-state index in [1.165, 1.54) is 4.90 Å². The zero-order chi connectivity index (χ0) is 41.2. The molecule has 56 heavy (non-hydrogen) atoms. The fraction of sp³-hybridized carbons (Fsp3) is 0.690. The van der Waals surface area contributed by atoms with Crippen LogP contribution >= 0.6 is 0 Å². The summed E-state index contributed by atoms with van der Waals surface area (Å²) in [6, 6.07) is 4.65. The van der Waals surface area contributed by atoms with Crippen molar-refractivity contribution in [2.75, 3.05) is 27.2 Å². The van der Waals surface area contributed by atoms with Crippen molar-refractivity contribution in [1.29, 1.82) is 0 Å². The molecule has 3 aliphatic carbocycles. The molecule has 6 amide bonds. The standard InChI is InChI=1S/C42H62N6O8/c1-9-41(5,6)56-39(55)46-34(40(2,3)4)38(54)48-24-27-21-42(18-19-42)22-28(27)32(48)35(51)44-29(20-25-14-13-15-25)33(50)36(52)43-23-30(49)45-31(37(53)47(7)8)26-16-11-10-12-17-26/h10-12,16-17,25,27-29,31-32,34H,9,13-15,18-24H2,1-8H3,(H,43,52)(H,44,51)(H,45,49)(H,46,55)/t27-,28-,29-,31-,32-,34+/m0/s1. The van der Waals surface area contributed by atoms with E-state index in [2.05, 4.69) is 21.3 Å². The minimum Gasteiger partial charge on any atom is -0.444 e. The van der Waals surface area contributed by atoms with E-state index in [9.17, 15) is 33.6 Å². The smallest absolute Gasteiger partial charge is 0.408 e. The van der Waals surface area contributed by atoms with Crippen molar-refractivity contribution in [2.24, 2.45) is 28.6 Å². The third kappa shape index (κ3) is 10.1. The number of nitrogens with one attached hydrogen (secondary N) is 4. The Kier molecular flexibility index (Phi) is 12.9. The topological polar surface area (TPSA) is 183 Å². The van der Waals surface area contributed by atoms with E-state index in [-0.39, 0.29) is 35.5 Å². The Hall–Kier alpha value is -4.49. The molecule has 1 spiro atoms. The van der Waals surface area contributed by atoms with E-state index in [0.717, 1.165) is 44.9 Å². The average Bonchev–Trinajstić information content (AvgIpc) is 3.66. The van der Waals surface area contributed by atoms with E-state index in [1.54, 1.807) is 63.2 Å². The molecule has 4 N–H and O–H groups in total. The van der Waals surface area contributed by atoms with Gasteiger partial charge in [-0.1, -0.05) is 77.3 Å². The van der Waals surface area contributed by atoms with Gasteiger partial charge in [-0.3, -0.25) is 28.8 Å². The van der Waals surface area contributed by atoms with Crippen LogP contribution in [0, 0.1) is 28.6 Å². The van der Waals surface area contributed by atoms with Crippen LogP contribution in [0.5, 0.6) is 0 Å². The molecule has 14 nitrogen and oxygen atoms in total. The molecule has 0 bridgehead atoms. The second-order valence-corrected chi connectivity index (χ2v) is 18.5. The van der Waals surface area contributed by atoms with Gasteiger partial charge in [0.1, 0.15) is 23.7 Å². The summed E-state index contributed by atoms with van der Waals surface area (Å²) in [6.07, 6.45) is 6.67. The molecule has 0 unspecified atom stereocenters. The highest BCUT2D eigenvalue weighted by Gasteiger charge is 2.61. The Balaban J connectivity index is 1.31. The lowest BCUT2D eigenvalue weighted by atomic mass is 9.80. The van der Waals surface area contributed by atoms with Crippen LogP contribution in [-0.4, -0.2) is 102 Å². The number of ether oxygens (including phenoxy) is 1. The maximum atomic E-state index is 14.5. The minimum absolute atomic E-state index is 0.0884. The molecule has 1 heterocycles. The summed E-state index contributed by atoms with van der Waals surface area (Å²) in [7, 11) is 3.15. The molecule has 0 radical (unpaired) electrons. The Morgan fingerprint density at radius 1 is 0.929 bits per heavy atom. The van der Waals surface area contributed by atoms with Gasteiger partial charge in [-0.05, 0) is 86.5 Å². The van der Waals surface area contributed by atoms with Crippen molar-refractivity contribution >= 4 is 41.4 Å². The zero-order valence-electron chi connectivity index (χ0n) is 34.4. The summed E-state index contributed by atoms with van der Waals surface area (Å²) in [5, 5.41) is 10.8. The van der Waals surface area contributed by atoms with E-state index >= 15 is 0 Å². The van der Waals surface area contributed by atoms with Crippen LogP contribution in [0.2, 0.25) is 0 Å². The summed E-state index contributed by atoms with van der Waals surface area (Å²) in [6.45, 7) is 10.8. The van der Waals surface area contributed by atoms with E-state index < -0.39 is 77.2 Å². The van der Waals surface area contributed by atoms with Crippen molar-refractivity contribution in [3.05, 3.63) is 35.9 Å². The molecule has 308 valence electrons. The number of alkyl carbamates (subject to hydrolysis) is 1. The van der Waals surface area contributed by atoms with Crippen LogP contribution in [0.15, 0.2) is 30.3 Å². The van der Waals surface area contributed by atoms with Crippen LogP contribution in [0.25, 0.3) is 0 Å². The molecule has 4 fully saturated rings. The molecular formula is C42H62N6O8. The van der Waals surface area contributed by atoms with Gasteiger partial charge in [0.25, 0.3) is 5.91 Å². The lowest BCUT2D eigenvalue weighted by molar-refractivity contribution is -0.145. The van der Waals surface area contributed by atoms with Gasteiger partial charge in [-0.2, -0.15) is 0 Å². The number of nitrogens with zero attached hydrogens (tertiary/aromatic N) is 2. The fourth-order valence-electron chi connectivity index (χ4n) is 8.42. The number of carbonyl (C=O) groups is 7. The molecule has 1 aromatic carbocycles. The molecule has 3 saturated carbocycles. The van der Waals surface area contributed by atoms with Crippen LogP contribution in [-0.2, 0) is 33.5 Å². The highest BCUT2D eigenvalue weighted by Crippen LogP contribution is 2.64. The number of Topliss-reactive ketones (excluding diaryl/α,β-unsaturated/α-hetero) is 1. The number of hydrogen-bond acceptors (Lipinski definition) is 8. The van der Waals surface area contributed by atoms with Crippen LogP contribution in [0.3, 0.4) is 0 Å². The van der Waals surface area contributed by atoms with Gasteiger partial charge in [0, 0.05) is 20.6 Å². The number of carbonyl (C=O) groups excluding carboxylic acids is 7. The zero-order valence-corrected chi connectivity index (χ0v) is 34.4. The van der Waals surface area contributed by atoms with Crippen LogP contribution in [0.4, 0.5) is 4.79 Å². The number of likely N-dealkylation sites (tertiary alicyclic amines) is 1. The van der Waals surface area contributed by atoms with Gasteiger partial charge < -0.3 is 35.8 Å². The maximum Gasteiger partial charge on any atom is 0.408 e. The molecule has 0 aromatic heterocycles. The number of likely N-dealkylation sites (N-methyl/N-ethyl adjacent to an activating group) is 1. The number of benzene rings is 1. The average molecular weight is 779 g/mol. The van der Waals surface area contributed by atoms with Crippen LogP contribution < -0.4 is 21.3 Å². The number of hydrogen-bond donors (Lipinski definition) is 4. The first-order valence-corrected chi connectivity index (χ1v) is 20.2. The van der Waals surface area contributed by atoms with Crippen molar-refractivity contribution in [3.63, 3.8) is 0 Å². The molecular weight excluding hydrogens is 716 g/mol. The number of ketones is 1. The van der Waals surface area contributed by atoms with Gasteiger partial charge >= 0.3 is 6.09 Å². The normalized spacial score (nSPS) is 22.8. The second kappa shape index (κ2) is 16.9. The molecule has 4 aliphatic rings. The largest absolute Gasteiger partial charge is 0.444 e. The highest BCUT2D eigenvalue weighted by atomic mass is 16.6. The Morgan fingerprint density at radius 2 is 1.59 bits per heavy atom. The van der Waals surface area contributed by atoms with E-state index in [1.807, 2.05) is 27.7 Å². The number of fused-ring (bicyclic) bond motifs is 1. The number of amides is 6. The van der Waals surface area contributed by atoms with Crippen molar-refractivity contribution in [1.82, 2.24) is 31.1 Å². The molecule has 1 saturated heterocycles. The highest BCUT2D eigenvalue weighted by molar-refractivity contribution is 6.38. The molecule has 5 rings (SSSR count). The fourth-order valence-corrected chi connectivity index (χ4v) is 8.42. The third-order valence-corrected chi connectivity index (χ3v) is 12.4. The Morgan fingerprint density at radius 3 is 2.14 bits per heavy atom. The number of rotatable bonds is 15. The maximum absolute atomic E-state index is 14.5. The lowest BCUT2D eigenvalue weighted by Gasteiger charge is -2.37. The summed E-state index contributed by atoms with van der Waals surface area (Å²) in [4.78, 5) is 98.2. The quantitative estimate of drug-likeness (QED) is 0.195. The van der Waals surface area contributed by atoms with Crippen molar-refractivity contribution in [3.8, 4) is 0 Å². The predicted molar refractivity (Wildman–Crippen MR) is 209 cm³/mol. The van der Waals surface area contributed by atoms with E-state index in [0.29, 0.717) is 18.5 Å². The van der Waals surface area contributed by atoms with Gasteiger partial charge in [0.15, 0.2) is 0 Å². The molecule has 6 atom stereocenters.